The Morgan fingerprint density at radius 3 is 2.67 bits per heavy atom. The molecule has 2 aliphatic heterocycles. The van der Waals surface area contributed by atoms with Crippen molar-refractivity contribution in [1.29, 1.82) is 0 Å². The minimum absolute atomic E-state index is 0.00832. The molecule has 1 saturated heterocycles. The maximum atomic E-state index is 16.5. The number of esters is 1. The van der Waals surface area contributed by atoms with E-state index < -0.39 is 57.9 Å². The topological polar surface area (TPSA) is 118 Å². The summed E-state index contributed by atoms with van der Waals surface area (Å²) in [5.74, 6) is -4.62. The second-order valence-electron chi connectivity index (χ2n) is 10.8. The number of phenols is 1. The molecule has 1 unspecified atom stereocenters. The van der Waals surface area contributed by atoms with Crippen molar-refractivity contribution in [2.45, 2.75) is 32.7 Å². The van der Waals surface area contributed by atoms with Crippen molar-refractivity contribution >= 4 is 28.6 Å². The summed E-state index contributed by atoms with van der Waals surface area (Å²) in [7, 11) is 0. The Labute approximate surface area is 244 Å². The van der Waals surface area contributed by atoms with E-state index in [1.807, 2.05) is 13.8 Å². The fourth-order valence-corrected chi connectivity index (χ4v) is 5.81. The van der Waals surface area contributed by atoms with Crippen LogP contribution in [0.2, 0.25) is 0 Å². The molecule has 12 heteroatoms. The van der Waals surface area contributed by atoms with Gasteiger partial charge in [-0.1, -0.05) is 26.5 Å². The minimum atomic E-state index is -1.12. The zero-order valence-corrected chi connectivity index (χ0v) is 23.6. The van der Waals surface area contributed by atoms with Crippen molar-refractivity contribution in [3.8, 4) is 28.3 Å². The molecule has 43 heavy (non-hydrogen) atoms. The molecule has 6 rings (SSSR count). The number of halogens is 2. The number of piperazine rings is 1. The van der Waals surface area contributed by atoms with Crippen LogP contribution in [0, 0.1) is 18.6 Å². The number of ether oxygens (including phenoxy) is 1. The summed E-state index contributed by atoms with van der Waals surface area (Å²) >= 11 is 0. The number of amides is 1. The lowest BCUT2D eigenvalue weighted by atomic mass is 9.99. The average molecular weight is 588 g/mol. The highest BCUT2D eigenvalue weighted by Crippen LogP contribution is 2.45. The predicted molar refractivity (Wildman–Crippen MR) is 155 cm³/mol. The third-order valence-corrected chi connectivity index (χ3v) is 7.86. The number of aromatic nitrogens is 3. The standard InChI is InChI=1S/C31H27F2N5O5/c1-5-22(40)36-11-12-37-20(14-36)30(41)43-28-24-19(13-17(25(28)33)23-18(32)7-6-8-21(23)39)38(31(42)35-29(24)37)27-16(4)9-10-34-26(27)15(2)3/h5-10,13,15,20,39H,1,11-12,14H2,2-4H3. The Morgan fingerprint density at radius 1 is 1.21 bits per heavy atom. The molecular formula is C31H27F2N5O5. The van der Waals surface area contributed by atoms with Crippen molar-refractivity contribution < 1.29 is 28.2 Å². The normalized spacial score (nSPS) is 16.2. The maximum Gasteiger partial charge on any atom is 0.354 e. The van der Waals surface area contributed by atoms with E-state index in [0.717, 1.165) is 12.1 Å². The van der Waals surface area contributed by atoms with E-state index in [2.05, 4.69) is 16.5 Å². The Morgan fingerprint density at radius 2 is 1.98 bits per heavy atom. The lowest BCUT2D eigenvalue weighted by Gasteiger charge is -2.39. The van der Waals surface area contributed by atoms with Crippen LogP contribution in [0.25, 0.3) is 27.7 Å². The first-order valence-electron chi connectivity index (χ1n) is 13.7. The molecule has 1 N–H and O–H groups in total. The minimum Gasteiger partial charge on any atom is -0.507 e. The number of phenolic OH excluding ortho intramolecular Hbond substituents is 1. The van der Waals surface area contributed by atoms with E-state index in [1.165, 1.54) is 32.6 Å². The molecule has 2 aromatic carbocycles. The number of carbonyl (C=O) groups is 2. The first kappa shape index (κ1) is 28.0. The molecule has 1 atom stereocenters. The average Bonchev–Trinajstić information content (AvgIpc) is 3.09. The highest BCUT2D eigenvalue weighted by Gasteiger charge is 2.42. The van der Waals surface area contributed by atoms with Gasteiger partial charge in [-0.3, -0.25) is 14.3 Å². The summed E-state index contributed by atoms with van der Waals surface area (Å²) < 4.78 is 38.6. The van der Waals surface area contributed by atoms with Crippen molar-refractivity contribution in [3.05, 3.63) is 82.6 Å². The fourth-order valence-electron chi connectivity index (χ4n) is 5.81. The molecule has 2 aliphatic rings. The number of aryl methyl sites for hydroxylation is 1. The number of nitrogens with zero attached hydrogens (tertiary/aromatic N) is 5. The van der Waals surface area contributed by atoms with Crippen LogP contribution in [0.3, 0.4) is 0 Å². The van der Waals surface area contributed by atoms with Gasteiger partial charge in [-0.05, 0) is 48.7 Å². The van der Waals surface area contributed by atoms with E-state index >= 15 is 8.78 Å². The summed E-state index contributed by atoms with van der Waals surface area (Å²) in [5.41, 5.74) is 0.0471. The molecule has 0 radical (unpaired) electrons. The zero-order valence-electron chi connectivity index (χ0n) is 23.6. The first-order chi connectivity index (χ1) is 20.5. The van der Waals surface area contributed by atoms with Gasteiger partial charge in [0.15, 0.2) is 11.6 Å². The third-order valence-electron chi connectivity index (χ3n) is 7.86. The van der Waals surface area contributed by atoms with Crippen molar-refractivity contribution in [1.82, 2.24) is 19.4 Å². The lowest BCUT2D eigenvalue weighted by molar-refractivity contribution is -0.138. The van der Waals surface area contributed by atoms with Crippen molar-refractivity contribution in [2.75, 3.05) is 24.5 Å². The number of carbonyl (C=O) groups excluding carboxylic acids is 2. The van der Waals surface area contributed by atoms with Gasteiger partial charge in [0.05, 0.1) is 34.4 Å². The van der Waals surface area contributed by atoms with Crippen LogP contribution in [0.1, 0.15) is 31.0 Å². The number of hydrogen-bond donors (Lipinski definition) is 1. The van der Waals surface area contributed by atoms with Gasteiger partial charge in [0.1, 0.15) is 23.4 Å². The number of anilines is 1. The van der Waals surface area contributed by atoms with E-state index in [4.69, 9.17) is 4.74 Å². The lowest BCUT2D eigenvalue weighted by Crippen LogP contribution is -2.58. The molecule has 1 fully saturated rings. The van der Waals surface area contributed by atoms with Crippen LogP contribution in [-0.4, -0.2) is 62.1 Å². The van der Waals surface area contributed by atoms with Crippen LogP contribution in [0.4, 0.5) is 14.6 Å². The Bertz CT molecular complexity index is 1900. The van der Waals surface area contributed by atoms with Gasteiger partial charge in [-0.25, -0.2) is 18.4 Å². The van der Waals surface area contributed by atoms with E-state index in [0.29, 0.717) is 16.9 Å². The van der Waals surface area contributed by atoms with Gasteiger partial charge >= 0.3 is 11.7 Å². The zero-order chi connectivity index (χ0) is 30.7. The SMILES string of the molecule is C=CC(=O)N1CCN2c3nc(=O)n(-c4c(C)ccnc4C(C)C)c4cc(-c5c(O)cccc5F)c(F)c(c34)OC(=O)C2C1. The monoisotopic (exact) mass is 587 g/mol. The van der Waals surface area contributed by atoms with Crippen LogP contribution in [0.15, 0.2) is 54.0 Å². The quantitative estimate of drug-likeness (QED) is 0.217. The highest BCUT2D eigenvalue weighted by molar-refractivity contribution is 6.04. The maximum absolute atomic E-state index is 16.5. The Kier molecular flexibility index (Phi) is 6.71. The number of benzene rings is 2. The molecule has 0 bridgehead atoms. The summed E-state index contributed by atoms with van der Waals surface area (Å²) in [6.07, 6.45) is 2.74. The van der Waals surface area contributed by atoms with Gasteiger partial charge in [0, 0.05) is 24.8 Å². The first-order valence-corrected chi connectivity index (χ1v) is 13.7. The second kappa shape index (κ2) is 10.3. The van der Waals surface area contributed by atoms with Gasteiger partial charge in [-0.2, -0.15) is 4.98 Å². The number of fused-ring (bicyclic) bond motifs is 2. The molecule has 4 heterocycles. The molecule has 2 aromatic heterocycles. The fraction of sp³-hybridized carbons (Fsp3) is 0.258. The summed E-state index contributed by atoms with van der Waals surface area (Å²) in [6.45, 7) is 9.24. The molecule has 0 aliphatic carbocycles. The molecule has 1 amide bonds. The Balaban J connectivity index is 1.74. The van der Waals surface area contributed by atoms with Crippen molar-refractivity contribution in [3.63, 3.8) is 0 Å². The summed E-state index contributed by atoms with van der Waals surface area (Å²) in [6, 6.07) is 5.37. The molecular weight excluding hydrogens is 560 g/mol. The van der Waals surface area contributed by atoms with Crippen LogP contribution >= 0.6 is 0 Å². The Hall–Kier alpha value is -5.13. The van der Waals surface area contributed by atoms with Gasteiger partial charge in [0.2, 0.25) is 5.91 Å². The second-order valence-corrected chi connectivity index (χ2v) is 10.8. The molecule has 10 nitrogen and oxygen atoms in total. The van der Waals surface area contributed by atoms with E-state index in [9.17, 15) is 19.5 Å². The number of rotatable bonds is 4. The smallest absolute Gasteiger partial charge is 0.354 e. The van der Waals surface area contributed by atoms with Crippen LogP contribution < -0.4 is 15.3 Å². The van der Waals surface area contributed by atoms with Gasteiger partial charge in [-0.15, -0.1) is 0 Å². The number of hydrogen-bond acceptors (Lipinski definition) is 8. The summed E-state index contributed by atoms with van der Waals surface area (Å²) in [4.78, 5) is 51.7. The molecule has 0 spiro atoms. The van der Waals surface area contributed by atoms with E-state index in [1.54, 1.807) is 19.2 Å². The molecule has 4 aromatic rings. The van der Waals surface area contributed by atoms with Crippen LogP contribution in [-0.2, 0) is 9.59 Å². The third kappa shape index (κ3) is 4.32. The largest absolute Gasteiger partial charge is 0.507 e. The molecule has 220 valence electrons. The van der Waals surface area contributed by atoms with Gasteiger partial charge in [0.25, 0.3) is 0 Å². The number of pyridine rings is 1. The number of aromatic hydroxyl groups is 1. The van der Waals surface area contributed by atoms with Gasteiger partial charge < -0.3 is 19.6 Å². The van der Waals surface area contributed by atoms with Crippen LogP contribution in [0.5, 0.6) is 11.5 Å². The summed E-state index contributed by atoms with van der Waals surface area (Å²) in [5, 5.41) is 10.6. The predicted octanol–water partition coefficient (Wildman–Crippen LogP) is 3.99. The van der Waals surface area contributed by atoms with Crippen molar-refractivity contribution in [2.24, 2.45) is 0 Å². The van der Waals surface area contributed by atoms with E-state index in [-0.39, 0.29) is 42.3 Å². The highest BCUT2D eigenvalue weighted by atomic mass is 19.1. The molecule has 0 saturated carbocycles.